The second-order valence-corrected chi connectivity index (χ2v) is 9.32. The first-order valence-electron chi connectivity index (χ1n) is 12.5. The molecular weight excluding hydrogens is 458 g/mol. The van der Waals surface area contributed by atoms with Crippen molar-refractivity contribution in [1.29, 1.82) is 0 Å². The zero-order valence-corrected chi connectivity index (χ0v) is 20.9. The maximum Gasteiger partial charge on any atom is 0.324 e. The number of aromatic nitrogens is 2. The average molecular weight is 492 g/mol. The highest BCUT2D eigenvalue weighted by Gasteiger charge is 2.32. The van der Waals surface area contributed by atoms with Crippen molar-refractivity contribution in [3.63, 3.8) is 0 Å². The Balaban J connectivity index is 1.12. The fraction of sp³-hybridized carbons (Fsp3) is 0.444. The Morgan fingerprint density at radius 2 is 1.67 bits per heavy atom. The molecule has 2 aromatic carbocycles. The van der Waals surface area contributed by atoms with Crippen molar-refractivity contribution < 1.29 is 18.8 Å². The monoisotopic (exact) mass is 491 g/mol. The van der Waals surface area contributed by atoms with Crippen LogP contribution >= 0.6 is 0 Å². The van der Waals surface area contributed by atoms with E-state index in [-0.39, 0.29) is 11.8 Å². The van der Waals surface area contributed by atoms with Crippen molar-refractivity contribution in [1.82, 2.24) is 19.9 Å². The van der Waals surface area contributed by atoms with Crippen molar-refractivity contribution >= 4 is 11.9 Å². The predicted molar refractivity (Wildman–Crippen MR) is 136 cm³/mol. The molecule has 0 spiro atoms. The minimum atomic E-state index is 0.0511. The van der Waals surface area contributed by atoms with E-state index in [2.05, 4.69) is 44.2 Å². The topological polar surface area (TPSA) is 84.2 Å². The van der Waals surface area contributed by atoms with E-state index in [9.17, 15) is 4.79 Å². The summed E-state index contributed by atoms with van der Waals surface area (Å²) in [7, 11) is 3.20. The number of piperazine rings is 1. The number of rotatable bonds is 7. The van der Waals surface area contributed by atoms with Gasteiger partial charge in [0.1, 0.15) is 0 Å². The Morgan fingerprint density at radius 3 is 2.36 bits per heavy atom. The molecule has 3 heterocycles. The van der Waals surface area contributed by atoms with Crippen LogP contribution in [0.2, 0.25) is 0 Å². The van der Waals surface area contributed by atoms with Crippen LogP contribution in [0.4, 0.5) is 6.01 Å². The van der Waals surface area contributed by atoms with Crippen LogP contribution in [0.25, 0.3) is 11.4 Å². The van der Waals surface area contributed by atoms with Gasteiger partial charge in [-0.1, -0.05) is 35.5 Å². The normalized spacial score (nSPS) is 17.3. The quantitative estimate of drug-likeness (QED) is 0.498. The lowest BCUT2D eigenvalue weighted by Crippen LogP contribution is -2.51. The number of carbonyl (C=O) groups is 1. The van der Waals surface area contributed by atoms with E-state index < -0.39 is 0 Å². The van der Waals surface area contributed by atoms with E-state index >= 15 is 0 Å². The number of piperidine rings is 1. The SMILES string of the molecule is COc1ccc(-c2noc(N3CCC(C(=O)N4CCN(Cc5ccccc5)CC4)CC3)n2)cc1OC. The van der Waals surface area contributed by atoms with Gasteiger partial charge in [0.2, 0.25) is 11.7 Å². The van der Waals surface area contributed by atoms with E-state index in [0.717, 1.165) is 64.2 Å². The maximum absolute atomic E-state index is 13.2. The van der Waals surface area contributed by atoms with Crippen molar-refractivity contribution in [2.24, 2.45) is 5.92 Å². The Kier molecular flexibility index (Phi) is 7.36. The molecule has 0 atom stereocenters. The Labute approximate surface area is 211 Å². The number of benzene rings is 2. The van der Waals surface area contributed by atoms with Crippen LogP contribution in [0.1, 0.15) is 18.4 Å². The minimum absolute atomic E-state index is 0.0511. The molecule has 3 aromatic rings. The summed E-state index contributed by atoms with van der Waals surface area (Å²) in [4.78, 5) is 24.3. The van der Waals surface area contributed by atoms with Crippen LogP contribution in [-0.4, -0.2) is 79.3 Å². The van der Waals surface area contributed by atoms with Gasteiger partial charge in [0.05, 0.1) is 14.2 Å². The van der Waals surface area contributed by atoms with E-state index in [0.29, 0.717) is 23.3 Å². The summed E-state index contributed by atoms with van der Waals surface area (Å²) >= 11 is 0. The lowest BCUT2D eigenvalue weighted by Gasteiger charge is -2.38. The number of hydrogen-bond acceptors (Lipinski definition) is 8. The van der Waals surface area contributed by atoms with Gasteiger partial charge in [-0.2, -0.15) is 4.98 Å². The summed E-state index contributed by atoms with van der Waals surface area (Å²) in [6.45, 7) is 5.81. The first-order chi connectivity index (χ1) is 17.6. The molecule has 2 aliphatic heterocycles. The summed E-state index contributed by atoms with van der Waals surface area (Å²) in [6.07, 6.45) is 1.58. The van der Waals surface area contributed by atoms with Gasteiger partial charge in [-0.15, -0.1) is 0 Å². The summed E-state index contributed by atoms with van der Waals surface area (Å²) < 4.78 is 16.2. The van der Waals surface area contributed by atoms with Gasteiger partial charge in [0.15, 0.2) is 11.5 Å². The van der Waals surface area contributed by atoms with Gasteiger partial charge in [0.25, 0.3) is 0 Å². The summed E-state index contributed by atoms with van der Waals surface area (Å²) in [5, 5.41) is 4.15. The Morgan fingerprint density at radius 1 is 0.944 bits per heavy atom. The third-order valence-corrected chi connectivity index (χ3v) is 7.10. The third kappa shape index (κ3) is 5.31. The van der Waals surface area contributed by atoms with Crippen molar-refractivity contribution in [3.8, 4) is 22.9 Å². The number of ether oxygens (including phenoxy) is 2. The molecule has 0 radical (unpaired) electrons. The first-order valence-corrected chi connectivity index (χ1v) is 12.5. The second kappa shape index (κ2) is 11.0. The molecule has 2 aliphatic rings. The fourth-order valence-corrected chi connectivity index (χ4v) is 4.98. The molecule has 1 amide bonds. The van der Waals surface area contributed by atoms with Crippen molar-refractivity contribution in [2.45, 2.75) is 19.4 Å². The highest BCUT2D eigenvalue weighted by molar-refractivity contribution is 5.79. The van der Waals surface area contributed by atoms with Gasteiger partial charge < -0.3 is 23.8 Å². The third-order valence-electron chi connectivity index (χ3n) is 7.10. The molecule has 2 fully saturated rings. The molecule has 1 aromatic heterocycles. The first kappa shape index (κ1) is 24.1. The van der Waals surface area contributed by atoms with E-state index in [1.54, 1.807) is 14.2 Å². The molecular formula is C27H33N5O4. The van der Waals surface area contributed by atoms with Gasteiger partial charge in [-0.25, -0.2) is 0 Å². The molecule has 36 heavy (non-hydrogen) atoms. The van der Waals surface area contributed by atoms with Gasteiger partial charge in [-0.05, 0) is 36.6 Å². The Bertz CT molecular complexity index is 1150. The zero-order valence-electron chi connectivity index (χ0n) is 20.9. The number of nitrogens with zero attached hydrogens (tertiary/aromatic N) is 5. The Hall–Kier alpha value is -3.59. The van der Waals surface area contributed by atoms with Crippen LogP contribution in [-0.2, 0) is 11.3 Å². The van der Waals surface area contributed by atoms with Gasteiger partial charge in [0, 0.05) is 57.3 Å². The van der Waals surface area contributed by atoms with Crippen LogP contribution in [0, 0.1) is 5.92 Å². The predicted octanol–water partition coefficient (Wildman–Crippen LogP) is 3.31. The second-order valence-electron chi connectivity index (χ2n) is 9.32. The number of amides is 1. The van der Waals surface area contributed by atoms with Gasteiger partial charge >= 0.3 is 6.01 Å². The highest BCUT2D eigenvalue weighted by Crippen LogP contribution is 2.32. The maximum atomic E-state index is 13.2. The molecule has 0 saturated carbocycles. The van der Waals surface area contributed by atoms with E-state index in [1.165, 1.54) is 5.56 Å². The summed E-state index contributed by atoms with van der Waals surface area (Å²) in [5.74, 6) is 2.09. The zero-order chi connectivity index (χ0) is 24.9. The van der Waals surface area contributed by atoms with E-state index in [1.807, 2.05) is 29.2 Å². The lowest BCUT2D eigenvalue weighted by atomic mass is 9.95. The molecule has 5 rings (SSSR count). The lowest BCUT2D eigenvalue weighted by molar-refractivity contribution is -0.138. The van der Waals surface area contributed by atoms with E-state index in [4.69, 9.17) is 14.0 Å². The minimum Gasteiger partial charge on any atom is -0.493 e. The molecule has 2 saturated heterocycles. The fourth-order valence-electron chi connectivity index (χ4n) is 4.98. The summed E-state index contributed by atoms with van der Waals surface area (Å²) in [6, 6.07) is 16.5. The molecule has 9 heteroatoms. The van der Waals surface area contributed by atoms with Crippen LogP contribution in [0.5, 0.6) is 11.5 Å². The average Bonchev–Trinajstić information content (AvgIpc) is 3.44. The number of methoxy groups -OCH3 is 2. The molecule has 9 nitrogen and oxygen atoms in total. The molecule has 0 unspecified atom stereocenters. The standard InChI is InChI=1S/C27H33N5O4/c1-34-23-9-8-22(18-24(23)35-2)25-28-27(36-29-25)32-12-10-21(11-13-32)26(33)31-16-14-30(15-17-31)19-20-6-4-3-5-7-20/h3-9,18,21H,10-17,19H2,1-2H3. The highest BCUT2D eigenvalue weighted by atomic mass is 16.5. The molecule has 0 bridgehead atoms. The van der Waals surface area contributed by atoms with Crippen LogP contribution < -0.4 is 14.4 Å². The largest absolute Gasteiger partial charge is 0.493 e. The van der Waals surface area contributed by atoms with Crippen molar-refractivity contribution in [2.75, 3.05) is 58.4 Å². The smallest absolute Gasteiger partial charge is 0.324 e. The van der Waals surface area contributed by atoms with Crippen LogP contribution in [0.15, 0.2) is 53.1 Å². The summed E-state index contributed by atoms with van der Waals surface area (Å²) in [5.41, 5.74) is 2.11. The number of anilines is 1. The van der Waals surface area contributed by atoms with Gasteiger partial charge in [-0.3, -0.25) is 9.69 Å². The molecule has 190 valence electrons. The molecule has 0 N–H and O–H groups in total. The van der Waals surface area contributed by atoms with Crippen molar-refractivity contribution in [3.05, 3.63) is 54.1 Å². The number of carbonyl (C=O) groups excluding carboxylic acids is 1. The molecule has 0 aliphatic carbocycles. The van der Waals surface area contributed by atoms with Crippen LogP contribution in [0.3, 0.4) is 0 Å². The number of hydrogen-bond donors (Lipinski definition) is 0.